The molecule has 174 valence electrons. The van der Waals surface area contributed by atoms with Crippen molar-refractivity contribution in [1.82, 2.24) is 4.57 Å². The number of anilines is 1. The normalized spacial score (nSPS) is 11.3. The van der Waals surface area contributed by atoms with Gasteiger partial charge in [-0.2, -0.15) is 13.2 Å². The van der Waals surface area contributed by atoms with Crippen molar-refractivity contribution in [1.29, 1.82) is 0 Å². The Bertz CT molecular complexity index is 1020. The van der Waals surface area contributed by atoms with Crippen molar-refractivity contribution in [3.63, 3.8) is 0 Å². The minimum atomic E-state index is -4.75. The molecule has 32 heavy (non-hydrogen) atoms. The zero-order valence-corrected chi connectivity index (χ0v) is 17.6. The first-order valence-electron chi connectivity index (χ1n) is 9.39. The number of hydrogen-bond acceptors (Lipinski definition) is 7. The molecular weight excluding hydrogens is 435 g/mol. The van der Waals surface area contributed by atoms with Crippen LogP contribution in [0.2, 0.25) is 0 Å². The summed E-state index contributed by atoms with van der Waals surface area (Å²) in [6.07, 6.45) is -4.75. The van der Waals surface area contributed by atoms with Gasteiger partial charge in [0.05, 0.1) is 17.1 Å². The number of Topliss-reactive ketones (excluding diaryl/α,β-unsaturated/α-hetero) is 1. The van der Waals surface area contributed by atoms with E-state index < -0.39 is 47.3 Å². The highest BCUT2D eigenvalue weighted by atomic mass is 19.4. The first kappa shape index (κ1) is 24.9. The molecule has 2 aromatic rings. The predicted molar refractivity (Wildman–Crippen MR) is 108 cm³/mol. The van der Waals surface area contributed by atoms with Gasteiger partial charge >= 0.3 is 12.1 Å². The highest BCUT2D eigenvalue weighted by Gasteiger charge is 2.33. The molecule has 0 saturated heterocycles. The summed E-state index contributed by atoms with van der Waals surface area (Å²) >= 11 is 0. The fourth-order valence-corrected chi connectivity index (χ4v) is 3.06. The van der Waals surface area contributed by atoms with Crippen LogP contribution in [0.15, 0.2) is 24.3 Å². The van der Waals surface area contributed by atoms with Crippen molar-refractivity contribution in [2.45, 2.75) is 26.6 Å². The van der Waals surface area contributed by atoms with E-state index in [-0.39, 0.29) is 5.69 Å². The molecule has 9 nitrogen and oxygen atoms in total. The Morgan fingerprint density at radius 2 is 1.91 bits per heavy atom. The van der Waals surface area contributed by atoms with Crippen LogP contribution in [0, 0.1) is 24.0 Å². The smallest absolute Gasteiger partial charge is 0.416 e. The summed E-state index contributed by atoms with van der Waals surface area (Å²) in [7, 11) is 1.56. The van der Waals surface area contributed by atoms with Gasteiger partial charge in [0.15, 0.2) is 6.61 Å². The van der Waals surface area contributed by atoms with E-state index in [2.05, 4.69) is 5.32 Å². The Balaban J connectivity index is 1.98. The summed E-state index contributed by atoms with van der Waals surface area (Å²) in [4.78, 5) is 34.4. The number of hydrogen-bond donors (Lipinski definition) is 1. The average Bonchev–Trinajstić information content (AvgIpc) is 3.01. The number of methoxy groups -OCH3 is 1. The number of ether oxygens (including phenoxy) is 2. The zero-order valence-electron chi connectivity index (χ0n) is 17.6. The van der Waals surface area contributed by atoms with Crippen LogP contribution >= 0.6 is 0 Å². The minimum Gasteiger partial charge on any atom is -0.456 e. The molecular formula is C20H22F3N3O6. The second kappa shape index (κ2) is 10.3. The van der Waals surface area contributed by atoms with Crippen LogP contribution in [-0.4, -0.2) is 48.1 Å². The van der Waals surface area contributed by atoms with Crippen LogP contribution in [0.1, 0.15) is 27.3 Å². The van der Waals surface area contributed by atoms with E-state index in [1.165, 1.54) is 0 Å². The largest absolute Gasteiger partial charge is 0.456 e. The second-order valence-corrected chi connectivity index (χ2v) is 6.85. The molecule has 12 heteroatoms. The predicted octanol–water partition coefficient (Wildman–Crippen LogP) is 3.52. The van der Waals surface area contributed by atoms with E-state index in [4.69, 9.17) is 9.47 Å². The molecule has 0 saturated carbocycles. The number of alkyl halides is 3. The molecule has 0 fully saturated rings. The van der Waals surface area contributed by atoms with Gasteiger partial charge in [-0.1, -0.05) is 0 Å². The average molecular weight is 457 g/mol. The first-order valence-corrected chi connectivity index (χ1v) is 9.39. The molecule has 1 heterocycles. The number of carbonyl (C=O) groups excluding carboxylic acids is 2. The number of nitrogens with one attached hydrogen (secondary N) is 1. The van der Waals surface area contributed by atoms with Gasteiger partial charge in [-0.25, -0.2) is 0 Å². The summed E-state index contributed by atoms with van der Waals surface area (Å²) in [5, 5.41) is 13.4. The van der Waals surface area contributed by atoms with Crippen molar-refractivity contribution in [2.24, 2.45) is 0 Å². The van der Waals surface area contributed by atoms with Crippen LogP contribution in [0.5, 0.6) is 0 Å². The van der Waals surface area contributed by atoms with Crippen LogP contribution in [-0.2, 0) is 27.0 Å². The van der Waals surface area contributed by atoms with Crippen molar-refractivity contribution in [3.05, 3.63) is 56.9 Å². The van der Waals surface area contributed by atoms with Crippen molar-refractivity contribution in [3.8, 4) is 0 Å². The van der Waals surface area contributed by atoms with Crippen LogP contribution in [0.4, 0.5) is 24.5 Å². The highest BCUT2D eigenvalue weighted by Crippen LogP contribution is 2.34. The molecule has 0 aliphatic heterocycles. The van der Waals surface area contributed by atoms with Gasteiger partial charge in [0.25, 0.3) is 5.69 Å². The Labute approximate surface area is 181 Å². The van der Waals surface area contributed by atoms with Gasteiger partial charge < -0.3 is 19.4 Å². The molecule has 1 aromatic heterocycles. The zero-order chi connectivity index (χ0) is 24.1. The molecule has 0 atom stereocenters. The molecule has 2 rings (SSSR count). The number of aryl methyl sites for hydroxylation is 1. The number of rotatable bonds is 10. The van der Waals surface area contributed by atoms with Gasteiger partial charge in [-0.3, -0.25) is 19.7 Å². The number of carbonyl (C=O) groups is 2. The van der Waals surface area contributed by atoms with E-state index in [0.717, 1.165) is 11.8 Å². The Hall–Kier alpha value is -3.41. The summed E-state index contributed by atoms with van der Waals surface area (Å²) < 4.78 is 50.1. The maximum Gasteiger partial charge on any atom is 0.416 e. The SMILES string of the molecule is COCCn1c(C)cc(C(=O)COC(=O)CNc2ccc(C(F)(F)F)cc2[N+](=O)[O-])c1C. The van der Waals surface area contributed by atoms with Gasteiger partial charge in [-0.05, 0) is 32.0 Å². The first-order chi connectivity index (χ1) is 15.0. The lowest BCUT2D eigenvalue weighted by molar-refractivity contribution is -0.384. The van der Waals surface area contributed by atoms with Crippen molar-refractivity contribution in [2.75, 3.05) is 32.2 Å². The number of aromatic nitrogens is 1. The lowest BCUT2D eigenvalue weighted by Crippen LogP contribution is -2.21. The van der Waals surface area contributed by atoms with Gasteiger partial charge in [-0.15, -0.1) is 0 Å². The van der Waals surface area contributed by atoms with E-state index in [0.29, 0.717) is 36.5 Å². The summed E-state index contributed by atoms with van der Waals surface area (Å²) in [6.45, 7) is 3.46. The number of ketones is 1. The third-order valence-corrected chi connectivity index (χ3v) is 4.70. The fourth-order valence-electron chi connectivity index (χ4n) is 3.06. The summed E-state index contributed by atoms with van der Waals surface area (Å²) in [5.74, 6) is -1.34. The summed E-state index contributed by atoms with van der Waals surface area (Å²) in [6, 6.07) is 3.55. The molecule has 0 unspecified atom stereocenters. The van der Waals surface area contributed by atoms with Crippen LogP contribution in [0.25, 0.3) is 0 Å². The van der Waals surface area contributed by atoms with Gasteiger partial charge in [0.2, 0.25) is 5.78 Å². The van der Waals surface area contributed by atoms with E-state index in [9.17, 15) is 32.9 Å². The monoisotopic (exact) mass is 457 g/mol. The number of benzene rings is 1. The molecule has 0 amide bonds. The van der Waals surface area contributed by atoms with Gasteiger partial charge in [0, 0.05) is 36.7 Å². The van der Waals surface area contributed by atoms with E-state index in [1.807, 2.05) is 11.5 Å². The van der Waals surface area contributed by atoms with E-state index in [1.54, 1.807) is 20.1 Å². The molecule has 0 radical (unpaired) electrons. The molecule has 0 aliphatic carbocycles. The lowest BCUT2D eigenvalue weighted by Gasteiger charge is -2.11. The third kappa shape index (κ3) is 6.06. The van der Waals surface area contributed by atoms with Crippen LogP contribution in [0.3, 0.4) is 0 Å². The molecule has 0 spiro atoms. The topological polar surface area (TPSA) is 113 Å². The van der Waals surface area contributed by atoms with Crippen molar-refractivity contribution >= 4 is 23.1 Å². The lowest BCUT2D eigenvalue weighted by atomic mass is 10.1. The van der Waals surface area contributed by atoms with E-state index >= 15 is 0 Å². The Morgan fingerprint density at radius 3 is 2.50 bits per heavy atom. The molecule has 1 aromatic carbocycles. The standard InChI is InChI=1S/C20H22F3N3O6/c1-12-8-15(13(2)25(12)6-7-31-3)18(27)11-32-19(28)10-24-16-5-4-14(20(21,22)23)9-17(16)26(29)30/h4-5,8-9,24H,6-7,10-11H2,1-3H3. The highest BCUT2D eigenvalue weighted by molar-refractivity contribution is 5.99. The van der Waals surface area contributed by atoms with Crippen molar-refractivity contribution < 1.29 is 37.2 Å². The second-order valence-electron chi connectivity index (χ2n) is 6.85. The quantitative estimate of drug-likeness (QED) is 0.251. The number of halogens is 3. The molecule has 0 bridgehead atoms. The minimum absolute atomic E-state index is 0.284. The number of nitro groups is 1. The molecule has 0 aliphatic rings. The van der Waals surface area contributed by atoms with Gasteiger partial charge in [0.1, 0.15) is 12.2 Å². The van der Waals surface area contributed by atoms with Crippen LogP contribution < -0.4 is 5.32 Å². The fraction of sp³-hybridized carbons (Fsp3) is 0.400. The maximum atomic E-state index is 12.8. The number of esters is 1. The molecule has 1 N–H and O–H groups in total. The maximum absolute atomic E-state index is 12.8. The summed E-state index contributed by atoms with van der Waals surface area (Å²) in [5.41, 5.74) is -0.395. The number of nitrogens with zero attached hydrogens (tertiary/aromatic N) is 2. The third-order valence-electron chi connectivity index (χ3n) is 4.70. The Morgan fingerprint density at radius 1 is 1.22 bits per heavy atom. The number of nitro benzene ring substituents is 1. The Kier molecular flexibility index (Phi) is 7.97.